The van der Waals surface area contributed by atoms with Crippen LogP contribution < -0.4 is 21.5 Å². The second kappa shape index (κ2) is 6.31. The topological polar surface area (TPSA) is 68.5 Å². The minimum Gasteiger partial charge on any atom is -0.360 e. The molecule has 0 amide bonds. The number of alkyl halides is 2. The highest BCUT2D eigenvalue weighted by atomic mass is 19.3. The summed E-state index contributed by atoms with van der Waals surface area (Å²) in [5, 5.41) is 2.64. The van der Waals surface area contributed by atoms with E-state index in [0.29, 0.717) is 4.90 Å². The molecule has 1 saturated carbocycles. The fourth-order valence-electron chi connectivity index (χ4n) is 3.17. The summed E-state index contributed by atoms with van der Waals surface area (Å²) < 4.78 is 33.7. The molecule has 2 heterocycles. The van der Waals surface area contributed by atoms with E-state index in [1.165, 1.54) is 13.5 Å². The lowest BCUT2D eigenvalue weighted by atomic mass is 9.98. The van der Waals surface area contributed by atoms with Crippen molar-refractivity contribution >= 4 is 11.5 Å². The number of fused-ring (bicyclic) bond motifs is 1. The molecule has 23 heavy (non-hydrogen) atoms. The minimum atomic E-state index is -2.79. The maximum atomic E-state index is 13.0. The molecule has 0 unspecified atom stereocenters. The molecule has 0 spiro atoms. The average Bonchev–Trinajstić information content (AvgIpc) is 2.99. The Kier molecular flexibility index (Phi) is 4.38. The van der Waals surface area contributed by atoms with E-state index < -0.39 is 17.8 Å². The summed E-state index contributed by atoms with van der Waals surface area (Å²) >= 11 is 0. The molecular formula is C14H20F2N4O3. The van der Waals surface area contributed by atoms with Gasteiger partial charge in [0.25, 0.3) is 5.56 Å². The summed E-state index contributed by atoms with van der Waals surface area (Å²) in [4.78, 5) is 25.4. The number of nitrogens with zero attached hydrogens (tertiary/aromatic N) is 3. The van der Waals surface area contributed by atoms with E-state index in [2.05, 4.69) is 5.32 Å². The number of hydrogen-bond acceptors (Lipinski definition) is 5. The van der Waals surface area contributed by atoms with E-state index in [1.54, 1.807) is 0 Å². The second-order valence-electron chi connectivity index (χ2n) is 5.91. The van der Waals surface area contributed by atoms with Crippen molar-refractivity contribution < 1.29 is 13.5 Å². The molecule has 0 bridgehead atoms. The molecule has 0 saturated heterocycles. The van der Waals surface area contributed by atoms with E-state index in [-0.39, 0.29) is 31.0 Å². The van der Waals surface area contributed by atoms with Crippen LogP contribution in [0.3, 0.4) is 0 Å². The van der Waals surface area contributed by atoms with Gasteiger partial charge in [0.1, 0.15) is 18.2 Å². The van der Waals surface area contributed by atoms with E-state index >= 15 is 0 Å². The van der Waals surface area contributed by atoms with Crippen LogP contribution in [0, 0.1) is 0 Å². The van der Waals surface area contributed by atoms with Crippen LogP contribution in [0.15, 0.2) is 9.59 Å². The van der Waals surface area contributed by atoms with E-state index in [1.807, 2.05) is 0 Å². The Morgan fingerprint density at radius 3 is 2.61 bits per heavy atom. The third-order valence-corrected chi connectivity index (χ3v) is 4.44. The monoisotopic (exact) mass is 330 g/mol. The lowest BCUT2D eigenvalue weighted by Gasteiger charge is -2.23. The highest BCUT2D eigenvalue weighted by Gasteiger charge is 2.32. The van der Waals surface area contributed by atoms with Crippen molar-refractivity contribution in [3.8, 4) is 0 Å². The third kappa shape index (κ3) is 2.85. The molecule has 3 rings (SSSR count). The van der Waals surface area contributed by atoms with Crippen LogP contribution >= 0.6 is 0 Å². The van der Waals surface area contributed by atoms with Crippen molar-refractivity contribution in [2.24, 2.45) is 7.05 Å². The average molecular weight is 330 g/mol. The van der Waals surface area contributed by atoms with E-state index in [0.717, 1.165) is 34.8 Å². The van der Waals surface area contributed by atoms with Crippen molar-refractivity contribution in [2.75, 3.05) is 16.9 Å². The van der Waals surface area contributed by atoms with Gasteiger partial charge >= 0.3 is 12.2 Å². The normalized spacial score (nSPS) is 18.3. The van der Waals surface area contributed by atoms with Crippen molar-refractivity contribution in [3.05, 3.63) is 20.8 Å². The van der Waals surface area contributed by atoms with Crippen LogP contribution in [-0.2, 0) is 18.5 Å². The molecule has 1 aromatic heterocycles. The van der Waals surface area contributed by atoms with Crippen LogP contribution in [0.2, 0.25) is 0 Å². The fourth-order valence-corrected chi connectivity index (χ4v) is 3.17. The van der Waals surface area contributed by atoms with Gasteiger partial charge in [0, 0.05) is 7.05 Å². The fraction of sp³-hybridized carbons (Fsp3) is 0.714. The van der Waals surface area contributed by atoms with Gasteiger partial charge in [-0.05, 0) is 12.8 Å². The molecule has 0 aromatic carbocycles. The van der Waals surface area contributed by atoms with Crippen LogP contribution in [-0.4, -0.2) is 28.5 Å². The molecule has 128 valence electrons. The van der Waals surface area contributed by atoms with Crippen LogP contribution in [0.5, 0.6) is 0 Å². The summed E-state index contributed by atoms with van der Waals surface area (Å²) in [6.45, 7) is -3.15. The zero-order chi connectivity index (χ0) is 16.6. The Hall–Kier alpha value is -1.90. The van der Waals surface area contributed by atoms with Gasteiger partial charge in [0.05, 0.1) is 12.8 Å². The summed E-state index contributed by atoms with van der Waals surface area (Å²) in [6.07, 6.45) is 5.20. The molecular weight excluding hydrogens is 310 g/mol. The molecule has 1 fully saturated rings. The number of aromatic nitrogens is 2. The van der Waals surface area contributed by atoms with Crippen molar-refractivity contribution in [1.82, 2.24) is 9.13 Å². The smallest absolute Gasteiger partial charge is 0.334 e. The van der Waals surface area contributed by atoms with Gasteiger partial charge in [-0.15, -0.1) is 0 Å². The van der Waals surface area contributed by atoms with Gasteiger partial charge in [-0.25, -0.2) is 9.36 Å². The highest BCUT2D eigenvalue weighted by Crippen LogP contribution is 2.28. The molecule has 9 heteroatoms. The van der Waals surface area contributed by atoms with Gasteiger partial charge in [0.2, 0.25) is 0 Å². The Balaban J connectivity index is 1.89. The largest absolute Gasteiger partial charge is 0.360 e. The number of rotatable bonds is 4. The zero-order valence-corrected chi connectivity index (χ0v) is 12.9. The van der Waals surface area contributed by atoms with E-state index in [4.69, 9.17) is 4.74 Å². The summed E-state index contributed by atoms with van der Waals surface area (Å²) in [5.74, 6) is -0.0797. The summed E-state index contributed by atoms with van der Waals surface area (Å²) in [5.41, 5.74) is -1.26. The van der Waals surface area contributed by atoms with Crippen LogP contribution in [0.4, 0.5) is 20.3 Å². The predicted octanol–water partition coefficient (Wildman–Crippen LogP) is 1.27. The first-order valence-electron chi connectivity index (χ1n) is 7.75. The SMILES string of the molecule is Cn1c2c(c(=O)n(COC3CCCCC3)c1=O)NCN2C(F)F. The minimum absolute atomic E-state index is 0.0136. The molecule has 2 aliphatic rings. The molecule has 1 N–H and O–H groups in total. The van der Waals surface area contributed by atoms with Gasteiger partial charge in [-0.3, -0.25) is 14.3 Å². The van der Waals surface area contributed by atoms with E-state index in [9.17, 15) is 18.4 Å². The van der Waals surface area contributed by atoms with Gasteiger partial charge in [-0.2, -0.15) is 8.78 Å². The van der Waals surface area contributed by atoms with Gasteiger partial charge < -0.3 is 10.1 Å². The second-order valence-corrected chi connectivity index (χ2v) is 5.91. The maximum absolute atomic E-state index is 13.0. The Labute approximate surface area is 131 Å². The number of nitrogens with one attached hydrogen (secondary N) is 1. The van der Waals surface area contributed by atoms with Crippen molar-refractivity contribution in [2.45, 2.75) is 51.5 Å². The Bertz CT molecular complexity index is 694. The molecule has 1 aromatic rings. The summed E-state index contributed by atoms with van der Waals surface area (Å²) in [6, 6.07) is 0. The number of anilines is 2. The first-order chi connectivity index (χ1) is 11.0. The Morgan fingerprint density at radius 2 is 1.96 bits per heavy atom. The highest BCUT2D eigenvalue weighted by molar-refractivity contribution is 5.70. The van der Waals surface area contributed by atoms with Crippen molar-refractivity contribution in [3.63, 3.8) is 0 Å². The third-order valence-electron chi connectivity index (χ3n) is 4.44. The number of hydrogen-bond donors (Lipinski definition) is 1. The van der Waals surface area contributed by atoms with Crippen LogP contribution in [0.1, 0.15) is 32.1 Å². The molecule has 7 nitrogen and oxygen atoms in total. The number of ether oxygens (including phenoxy) is 1. The molecule has 1 aliphatic heterocycles. The molecule has 1 aliphatic carbocycles. The summed E-state index contributed by atoms with van der Waals surface area (Å²) in [7, 11) is 1.38. The first kappa shape index (κ1) is 16.0. The quantitative estimate of drug-likeness (QED) is 0.842. The molecule has 0 radical (unpaired) electrons. The predicted molar refractivity (Wildman–Crippen MR) is 80.9 cm³/mol. The Morgan fingerprint density at radius 1 is 1.26 bits per heavy atom. The lowest BCUT2D eigenvalue weighted by Crippen LogP contribution is -2.42. The first-order valence-corrected chi connectivity index (χ1v) is 7.75. The maximum Gasteiger partial charge on any atom is 0.334 e. The van der Waals surface area contributed by atoms with Crippen molar-refractivity contribution in [1.29, 1.82) is 0 Å². The van der Waals surface area contributed by atoms with Gasteiger partial charge in [-0.1, -0.05) is 19.3 Å². The van der Waals surface area contributed by atoms with Gasteiger partial charge in [0.15, 0.2) is 0 Å². The molecule has 0 atom stereocenters. The number of halogens is 2. The lowest BCUT2D eigenvalue weighted by molar-refractivity contribution is -0.0161. The zero-order valence-electron chi connectivity index (χ0n) is 12.9. The van der Waals surface area contributed by atoms with Crippen LogP contribution in [0.25, 0.3) is 0 Å². The standard InChI is InChI=1S/C14H20F2N4O3/c1-18-11-10(17-7-19(11)13(15)16)12(21)20(14(18)22)8-23-9-5-3-2-4-6-9/h9,13,17H,2-8H2,1H3.